The molecule has 0 aliphatic rings. The molecule has 2 nitrogen and oxygen atoms in total. The lowest BCUT2D eigenvalue weighted by Gasteiger charge is -2.28. The van der Waals surface area contributed by atoms with Gasteiger partial charge in [-0.3, -0.25) is 4.68 Å². The summed E-state index contributed by atoms with van der Waals surface area (Å²) in [5.74, 6) is 1.07. The van der Waals surface area contributed by atoms with Crippen LogP contribution in [0.5, 0.6) is 0 Å². The van der Waals surface area contributed by atoms with Gasteiger partial charge in [0.15, 0.2) is 0 Å². The first-order valence-electron chi connectivity index (χ1n) is 5.29. The van der Waals surface area contributed by atoms with Gasteiger partial charge < -0.3 is 0 Å². The third-order valence-corrected chi connectivity index (χ3v) is 4.75. The number of rotatable bonds is 5. The van der Waals surface area contributed by atoms with E-state index >= 15 is 0 Å². The van der Waals surface area contributed by atoms with Gasteiger partial charge >= 0.3 is 0 Å². The topological polar surface area (TPSA) is 17.8 Å². The van der Waals surface area contributed by atoms with Gasteiger partial charge in [0.05, 0.1) is 16.4 Å². The van der Waals surface area contributed by atoms with Crippen molar-refractivity contribution in [3.63, 3.8) is 0 Å². The molecule has 0 aliphatic carbocycles. The van der Waals surface area contributed by atoms with Gasteiger partial charge in [0.2, 0.25) is 0 Å². The van der Waals surface area contributed by atoms with Crippen LogP contribution in [0.3, 0.4) is 0 Å². The lowest BCUT2D eigenvalue weighted by molar-refractivity contribution is 0.352. The van der Waals surface area contributed by atoms with E-state index in [1.807, 2.05) is 18.7 Å². The van der Waals surface area contributed by atoms with Crippen LogP contribution < -0.4 is 0 Å². The Hall–Kier alpha value is 0.0800. The molecule has 0 amide bonds. The van der Waals surface area contributed by atoms with Crippen molar-refractivity contribution in [2.24, 2.45) is 12.5 Å². The summed E-state index contributed by atoms with van der Waals surface area (Å²) in [4.78, 5) is 0. The summed E-state index contributed by atoms with van der Waals surface area (Å²) in [6.07, 6.45) is 1.70. The zero-order chi connectivity index (χ0) is 12.3. The van der Waals surface area contributed by atoms with Crippen molar-refractivity contribution in [1.82, 2.24) is 9.78 Å². The molecule has 16 heavy (non-hydrogen) atoms. The Morgan fingerprint density at radius 1 is 1.31 bits per heavy atom. The van der Waals surface area contributed by atoms with Crippen LogP contribution in [0.2, 0.25) is 5.02 Å². The van der Waals surface area contributed by atoms with Crippen molar-refractivity contribution in [3.05, 3.63) is 16.4 Å². The van der Waals surface area contributed by atoms with Crippen molar-refractivity contribution in [1.29, 1.82) is 0 Å². The molecule has 1 aromatic rings. The maximum absolute atomic E-state index is 6.22. The summed E-state index contributed by atoms with van der Waals surface area (Å²) < 4.78 is 1.82. The molecular weight excluding hydrogens is 266 g/mol. The van der Waals surface area contributed by atoms with E-state index in [4.69, 9.17) is 34.8 Å². The maximum atomic E-state index is 6.22. The highest BCUT2D eigenvalue weighted by molar-refractivity contribution is 6.31. The molecule has 0 radical (unpaired) electrons. The van der Waals surface area contributed by atoms with E-state index in [-0.39, 0.29) is 5.41 Å². The van der Waals surface area contributed by atoms with Gasteiger partial charge in [-0.2, -0.15) is 5.10 Å². The molecule has 1 aromatic heterocycles. The number of halogens is 3. The summed E-state index contributed by atoms with van der Waals surface area (Å²) in [7, 11) is 1.90. The molecule has 0 saturated carbocycles. The quantitative estimate of drug-likeness (QED) is 0.752. The van der Waals surface area contributed by atoms with E-state index in [0.717, 1.165) is 29.3 Å². The monoisotopic (exact) mass is 282 g/mol. The van der Waals surface area contributed by atoms with Crippen LogP contribution in [-0.2, 0) is 13.5 Å². The second kappa shape index (κ2) is 5.61. The minimum absolute atomic E-state index is 0.0903. The molecule has 1 heterocycles. The van der Waals surface area contributed by atoms with E-state index in [0.29, 0.717) is 11.8 Å². The lowest BCUT2D eigenvalue weighted by atomic mass is 9.84. The van der Waals surface area contributed by atoms with Gasteiger partial charge in [0.25, 0.3) is 0 Å². The predicted octanol–water partition coefficient (Wildman–Crippen LogP) is 3.80. The molecule has 0 spiro atoms. The fourth-order valence-corrected chi connectivity index (χ4v) is 2.75. The van der Waals surface area contributed by atoms with Crippen LogP contribution >= 0.6 is 34.8 Å². The summed E-state index contributed by atoms with van der Waals surface area (Å²) in [5, 5.41) is 5.03. The fourth-order valence-electron chi connectivity index (χ4n) is 1.67. The first-order chi connectivity index (χ1) is 7.49. The Labute approximate surface area is 112 Å². The number of nitrogens with zero attached hydrogens (tertiary/aromatic N) is 2. The van der Waals surface area contributed by atoms with Gasteiger partial charge in [-0.15, -0.1) is 23.2 Å². The molecule has 0 atom stereocenters. The second-order valence-corrected chi connectivity index (χ2v) is 5.18. The fraction of sp³-hybridized carbons (Fsp3) is 0.727. The summed E-state index contributed by atoms with van der Waals surface area (Å²) in [5.41, 5.74) is 1.78. The van der Waals surface area contributed by atoms with Crippen molar-refractivity contribution < 1.29 is 0 Å². The molecule has 0 bridgehead atoms. The Morgan fingerprint density at radius 3 is 2.19 bits per heavy atom. The van der Waals surface area contributed by atoms with E-state index in [9.17, 15) is 0 Å². The normalized spacial score (nSPS) is 12.1. The predicted molar refractivity (Wildman–Crippen MR) is 70.8 cm³/mol. The smallest absolute Gasteiger partial charge is 0.0847 e. The van der Waals surface area contributed by atoms with Crippen molar-refractivity contribution in [3.8, 4) is 0 Å². The van der Waals surface area contributed by atoms with Crippen molar-refractivity contribution >= 4 is 34.8 Å². The molecule has 5 heteroatoms. The van der Waals surface area contributed by atoms with Crippen molar-refractivity contribution in [2.75, 3.05) is 11.8 Å². The van der Waals surface area contributed by atoms with Crippen LogP contribution in [-0.4, -0.2) is 21.5 Å². The zero-order valence-corrected chi connectivity index (χ0v) is 12.1. The molecular formula is C11H17Cl3N2. The van der Waals surface area contributed by atoms with E-state index in [1.165, 1.54) is 0 Å². The van der Waals surface area contributed by atoms with Gasteiger partial charge in [0.1, 0.15) is 0 Å². The molecule has 0 N–H and O–H groups in total. The minimum atomic E-state index is -0.0903. The van der Waals surface area contributed by atoms with E-state index in [1.54, 1.807) is 0 Å². The van der Waals surface area contributed by atoms with Gasteiger partial charge in [-0.1, -0.05) is 18.5 Å². The summed E-state index contributed by atoms with van der Waals surface area (Å²) in [6, 6.07) is 0. The average molecular weight is 284 g/mol. The maximum Gasteiger partial charge on any atom is 0.0847 e. The van der Waals surface area contributed by atoms with Gasteiger partial charge in [-0.25, -0.2) is 0 Å². The Bertz CT molecular complexity index is 348. The number of alkyl halides is 2. The standard InChI is InChI=1S/C11H17Cl3N2/c1-4-11(6-12,7-13)5-9-10(14)8(2)15-16(9)3/h4-7H2,1-3H3. The highest BCUT2D eigenvalue weighted by Gasteiger charge is 2.29. The van der Waals surface area contributed by atoms with Gasteiger partial charge in [-0.05, 0) is 19.8 Å². The second-order valence-electron chi connectivity index (χ2n) is 4.27. The molecule has 1 rings (SSSR count). The molecule has 0 fully saturated rings. The largest absolute Gasteiger partial charge is 0.271 e. The minimum Gasteiger partial charge on any atom is -0.271 e. The first kappa shape index (κ1) is 14.1. The summed E-state index contributed by atoms with van der Waals surface area (Å²) >= 11 is 18.3. The Morgan fingerprint density at radius 2 is 1.88 bits per heavy atom. The molecule has 92 valence electrons. The highest BCUT2D eigenvalue weighted by atomic mass is 35.5. The summed E-state index contributed by atoms with van der Waals surface area (Å²) in [6.45, 7) is 4.00. The zero-order valence-electron chi connectivity index (χ0n) is 9.86. The van der Waals surface area contributed by atoms with Crippen LogP contribution in [0.4, 0.5) is 0 Å². The molecule has 0 unspecified atom stereocenters. The number of hydrogen-bond acceptors (Lipinski definition) is 1. The van der Waals surface area contributed by atoms with E-state index < -0.39 is 0 Å². The number of aryl methyl sites for hydroxylation is 2. The van der Waals surface area contributed by atoms with Crippen LogP contribution in [0.15, 0.2) is 0 Å². The van der Waals surface area contributed by atoms with Crippen LogP contribution in [0, 0.1) is 12.3 Å². The third kappa shape index (κ3) is 2.66. The van der Waals surface area contributed by atoms with Crippen molar-refractivity contribution in [2.45, 2.75) is 26.7 Å². The van der Waals surface area contributed by atoms with Gasteiger partial charge in [0, 0.05) is 24.2 Å². The molecule has 0 saturated heterocycles. The average Bonchev–Trinajstić information content (AvgIpc) is 2.52. The highest BCUT2D eigenvalue weighted by Crippen LogP contribution is 2.33. The van der Waals surface area contributed by atoms with E-state index in [2.05, 4.69) is 12.0 Å². The number of hydrogen-bond donors (Lipinski definition) is 0. The Kier molecular flexibility index (Phi) is 4.96. The first-order valence-corrected chi connectivity index (χ1v) is 6.74. The lowest BCUT2D eigenvalue weighted by Crippen LogP contribution is -2.28. The molecule has 0 aromatic carbocycles. The SMILES string of the molecule is CCC(CCl)(CCl)Cc1c(Cl)c(C)nn1C. The van der Waals surface area contributed by atoms with Crippen LogP contribution in [0.25, 0.3) is 0 Å². The molecule has 0 aliphatic heterocycles. The number of aromatic nitrogens is 2. The third-order valence-electron chi connectivity index (χ3n) is 3.12. The Balaban J connectivity index is 3.02. The van der Waals surface area contributed by atoms with Crippen LogP contribution in [0.1, 0.15) is 24.7 Å².